The Kier molecular flexibility index (Phi) is 4.98. The minimum atomic E-state index is 0.293. The first kappa shape index (κ1) is 15.2. The Morgan fingerprint density at radius 3 is 2.78 bits per heavy atom. The summed E-state index contributed by atoms with van der Waals surface area (Å²) in [6.07, 6.45) is 1.89. The van der Waals surface area contributed by atoms with E-state index < -0.39 is 0 Å². The van der Waals surface area contributed by atoms with Crippen LogP contribution >= 0.6 is 0 Å². The molecule has 0 amide bonds. The molecule has 0 radical (unpaired) electrons. The van der Waals surface area contributed by atoms with Crippen molar-refractivity contribution in [2.45, 2.75) is 6.54 Å². The molecule has 23 heavy (non-hydrogen) atoms. The molecule has 0 bridgehead atoms. The van der Waals surface area contributed by atoms with Gasteiger partial charge in [0.2, 0.25) is 6.79 Å². The summed E-state index contributed by atoms with van der Waals surface area (Å²) in [7, 11) is 0. The Balaban J connectivity index is 1.69. The van der Waals surface area contributed by atoms with Crippen LogP contribution in [-0.2, 0) is 6.54 Å². The largest absolute Gasteiger partial charge is 0.454 e. The topological polar surface area (TPSA) is 21.7 Å². The highest BCUT2D eigenvalue weighted by molar-refractivity contribution is 5.48. The van der Waals surface area contributed by atoms with Gasteiger partial charge in [-0.3, -0.25) is 4.90 Å². The van der Waals surface area contributed by atoms with Crippen molar-refractivity contribution in [1.29, 1.82) is 0 Å². The smallest absolute Gasteiger partial charge is 0.231 e. The van der Waals surface area contributed by atoms with Crippen LogP contribution in [-0.4, -0.2) is 24.8 Å². The van der Waals surface area contributed by atoms with Crippen LogP contribution in [0, 0.1) is 11.8 Å². The van der Waals surface area contributed by atoms with Crippen LogP contribution in [0.1, 0.15) is 11.1 Å². The zero-order valence-corrected chi connectivity index (χ0v) is 13.0. The fourth-order valence-electron chi connectivity index (χ4n) is 2.50. The molecular weight excluding hydrogens is 286 g/mol. The van der Waals surface area contributed by atoms with Crippen LogP contribution in [0.4, 0.5) is 0 Å². The van der Waals surface area contributed by atoms with E-state index in [4.69, 9.17) is 9.47 Å². The summed E-state index contributed by atoms with van der Waals surface area (Å²) in [6.45, 7) is 6.32. The second kappa shape index (κ2) is 7.53. The third kappa shape index (κ3) is 3.94. The Hall–Kier alpha value is -2.70. The Bertz CT molecular complexity index is 728. The molecule has 0 saturated carbocycles. The molecular formula is C20H19NO2. The third-order valence-corrected chi connectivity index (χ3v) is 3.57. The second-order valence-electron chi connectivity index (χ2n) is 5.28. The molecule has 3 nitrogen and oxygen atoms in total. The van der Waals surface area contributed by atoms with Gasteiger partial charge in [-0.05, 0) is 18.2 Å². The van der Waals surface area contributed by atoms with Gasteiger partial charge in [0.05, 0.1) is 6.54 Å². The van der Waals surface area contributed by atoms with Gasteiger partial charge >= 0.3 is 0 Å². The van der Waals surface area contributed by atoms with Gasteiger partial charge in [0.25, 0.3) is 0 Å². The number of rotatable bonds is 5. The van der Waals surface area contributed by atoms with Crippen molar-refractivity contribution in [3.8, 4) is 23.3 Å². The van der Waals surface area contributed by atoms with E-state index in [-0.39, 0.29) is 0 Å². The molecule has 3 heteroatoms. The first-order valence-electron chi connectivity index (χ1n) is 7.61. The van der Waals surface area contributed by atoms with Crippen molar-refractivity contribution in [3.63, 3.8) is 0 Å². The normalized spacial score (nSPS) is 11.9. The molecule has 0 saturated heterocycles. The van der Waals surface area contributed by atoms with E-state index in [1.807, 2.05) is 48.5 Å². The number of nitrogens with zero attached hydrogens (tertiary/aromatic N) is 1. The lowest BCUT2D eigenvalue weighted by molar-refractivity contribution is 0.172. The van der Waals surface area contributed by atoms with Gasteiger partial charge in [-0.1, -0.05) is 48.2 Å². The molecule has 116 valence electrons. The van der Waals surface area contributed by atoms with Crippen molar-refractivity contribution >= 4 is 0 Å². The van der Waals surface area contributed by atoms with E-state index >= 15 is 0 Å². The number of fused-ring (bicyclic) bond motifs is 1. The third-order valence-electron chi connectivity index (χ3n) is 3.57. The quantitative estimate of drug-likeness (QED) is 0.624. The molecule has 0 aliphatic carbocycles. The monoisotopic (exact) mass is 305 g/mol. The highest BCUT2D eigenvalue weighted by Gasteiger charge is 2.18. The number of benzene rings is 2. The van der Waals surface area contributed by atoms with E-state index in [0.29, 0.717) is 13.3 Å². The lowest BCUT2D eigenvalue weighted by atomic mass is 10.1. The molecule has 1 aliphatic rings. The molecule has 0 atom stereocenters. The van der Waals surface area contributed by atoms with Crippen LogP contribution < -0.4 is 9.47 Å². The van der Waals surface area contributed by atoms with Gasteiger partial charge in [0.15, 0.2) is 11.5 Å². The SMILES string of the molecule is C=CCN(CC#Cc1ccccc1)Cc1cccc2c1OCO2. The summed E-state index contributed by atoms with van der Waals surface area (Å²) in [6, 6.07) is 16.0. The molecule has 2 aromatic carbocycles. The summed E-state index contributed by atoms with van der Waals surface area (Å²) in [4.78, 5) is 2.22. The maximum Gasteiger partial charge on any atom is 0.231 e. The predicted molar refractivity (Wildman–Crippen MR) is 91.4 cm³/mol. The van der Waals surface area contributed by atoms with Gasteiger partial charge in [-0.25, -0.2) is 0 Å². The summed E-state index contributed by atoms with van der Waals surface area (Å²) in [5.41, 5.74) is 2.15. The fourth-order valence-corrected chi connectivity index (χ4v) is 2.50. The second-order valence-corrected chi connectivity index (χ2v) is 5.28. The number of ether oxygens (including phenoxy) is 2. The zero-order chi connectivity index (χ0) is 15.9. The van der Waals surface area contributed by atoms with Crippen LogP contribution in [0.25, 0.3) is 0 Å². The lowest BCUT2D eigenvalue weighted by Gasteiger charge is -2.18. The Morgan fingerprint density at radius 2 is 1.96 bits per heavy atom. The van der Waals surface area contributed by atoms with E-state index in [2.05, 4.69) is 29.4 Å². The summed E-state index contributed by atoms with van der Waals surface area (Å²) in [5.74, 6) is 8.08. The maximum atomic E-state index is 5.57. The predicted octanol–water partition coefficient (Wildman–Crippen LogP) is 3.46. The van der Waals surface area contributed by atoms with E-state index in [1.54, 1.807) is 0 Å². The Morgan fingerprint density at radius 1 is 1.09 bits per heavy atom. The number of hydrogen-bond acceptors (Lipinski definition) is 3. The van der Waals surface area contributed by atoms with E-state index in [1.165, 1.54) is 0 Å². The molecule has 2 aromatic rings. The first-order valence-corrected chi connectivity index (χ1v) is 7.61. The summed E-state index contributed by atoms with van der Waals surface area (Å²) >= 11 is 0. The Labute approximate surface area is 137 Å². The lowest BCUT2D eigenvalue weighted by Crippen LogP contribution is -2.23. The van der Waals surface area contributed by atoms with Crippen molar-refractivity contribution in [1.82, 2.24) is 4.90 Å². The average Bonchev–Trinajstić information content (AvgIpc) is 3.06. The minimum absolute atomic E-state index is 0.293. The van der Waals surface area contributed by atoms with E-state index in [0.717, 1.165) is 35.7 Å². The zero-order valence-electron chi connectivity index (χ0n) is 13.0. The summed E-state index contributed by atoms with van der Waals surface area (Å²) in [5, 5.41) is 0. The van der Waals surface area contributed by atoms with E-state index in [9.17, 15) is 0 Å². The highest BCUT2D eigenvalue weighted by atomic mass is 16.7. The van der Waals surface area contributed by atoms with Gasteiger partial charge < -0.3 is 9.47 Å². The molecule has 0 spiro atoms. The van der Waals surface area contributed by atoms with Crippen LogP contribution in [0.3, 0.4) is 0 Å². The van der Waals surface area contributed by atoms with Crippen LogP contribution in [0.2, 0.25) is 0 Å². The van der Waals surface area contributed by atoms with Crippen molar-refractivity contribution in [2.24, 2.45) is 0 Å². The average molecular weight is 305 g/mol. The van der Waals surface area contributed by atoms with Gasteiger partial charge in [-0.2, -0.15) is 0 Å². The molecule has 0 unspecified atom stereocenters. The maximum absolute atomic E-state index is 5.57. The van der Waals surface area contributed by atoms with Crippen LogP contribution in [0.5, 0.6) is 11.5 Å². The minimum Gasteiger partial charge on any atom is -0.454 e. The first-order chi connectivity index (χ1) is 11.4. The number of hydrogen-bond donors (Lipinski definition) is 0. The molecule has 0 N–H and O–H groups in total. The molecule has 3 rings (SSSR count). The molecule has 1 aliphatic heterocycles. The number of para-hydroxylation sites is 1. The molecule has 0 fully saturated rings. The molecule has 0 aromatic heterocycles. The fraction of sp³-hybridized carbons (Fsp3) is 0.200. The van der Waals surface area contributed by atoms with Crippen LogP contribution in [0.15, 0.2) is 61.2 Å². The van der Waals surface area contributed by atoms with Crippen molar-refractivity contribution in [2.75, 3.05) is 19.9 Å². The van der Waals surface area contributed by atoms with Gasteiger partial charge in [0, 0.05) is 24.2 Å². The molecule has 1 heterocycles. The van der Waals surface area contributed by atoms with Crippen molar-refractivity contribution in [3.05, 3.63) is 72.3 Å². The van der Waals surface area contributed by atoms with Gasteiger partial charge in [0.1, 0.15) is 0 Å². The summed E-state index contributed by atoms with van der Waals surface area (Å²) < 4.78 is 11.0. The van der Waals surface area contributed by atoms with Gasteiger partial charge in [-0.15, -0.1) is 6.58 Å². The standard InChI is InChI=1S/C20H19NO2/c1-2-13-21(14-7-10-17-8-4-3-5-9-17)15-18-11-6-12-19-20(18)23-16-22-19/h2-6,8-9,11-12H,1,13-16H2. The highest BCUT2D eigenvalue weighted by Crippen LogP contribution is 2.35. The van der Waals surface area contributed by atoms with Crippen molar-refractivity contribution < 1.29 is 9.47 Å².